The summed E-state index contributed by atoms with van der Waals surface area (Å²) >= 11 is 0. The third kappa shape index (κ3) is 1.96. The van der Waals surface area contributed by atoms with E-state index in [2.05, 4.69) is 0 Å². The molecule has 0 aromatic rings. The van der Waals surface area contributed by atoms with Gasteiger partial charge in [0.1, 0.15) is 0 Å². The van der Waals surface area contributed by atoms with E-state index < -0.39 is 11.8 Å². The van der Waals surface area contributed by atoms with Crippen LogP contribution in [0, 0.1) is 0 Å². The second kappa shape index (κ2) is 4.20. The van der Waals surface area contributed by atoms with Gasteiger partial charge in [0.25, 0.3) is 0 Å². The van der Waals surface area contributed by atoms with E-state index in [1.807, 2.05) is 0 Å². The van der Waals surface area contributed by atoms with Gasteiger partial charge in [-0.1, -0.05) is 0 Å². The first kappa shape index (κ1) is 9.94. The number of likely N-dealkylation sites (tertiary alicyclic amines) is 1. The molecule has 1 aliphatic heterocycles. The van der Waals surface area contributed by atoms with Crippen LogP contribution < -0.4 is 11.3 Å². The Balaban J connectivity index is 2.60. The Morgan fingerprint density at radius 1 is 1.62 bits per heavy atom. The second-order valence-electron chi connectivity index (χ2n) is 2.95. The van der Waals surface area contributed by atoms with Crippen LogP contribution in [0.3, 0.4) is 0 Å². The van der Waals surface area contributed by atoms with Crippen LogP contribution in [0.1, 0.15) is 12.8 Å². The van der Waals surface area contributed by atoms with Crippen molar-refractivity contribution in [3.05, 3.63) is 0 Å². The summed E-state index contributed by atoms with van der Waals surface area (Å²) in [4.78, 5) is 23.5. The van der Waals surface area contributed by atoms with Crippen molar-refractivity contribution in [2.24, 2.45) is 5.84 Å². The van der Waals surface area contributed by atoms with Gasteiger partial charge in [0, 0.05) is 6.54 Å². The zero-order valence-corrected chi connectivity index (χ0v) is 7.19. The first-order valence-electron chi connectivity index (χ1n) is 4.13. The summed E-state index contributed by atoms with van der Waals surface area (Å²) in [6.45, 7) is 0.404. The van der Waals surface area contributed by atoms with E-state index in [4.69, 9.17) is 10.9 Å². The van der Waals surface area contributed by atoms with Gasteiger partial charge in [-0.2, -0.15) is 0 Å². The molecule has 0 aromatic carbocycles. The van der Waals surface area contributed by atoms with Gasteiger partial charge in [0.15, 0.2) is 0 Å². The van der Waals surface area contributed by atoms with Gasteiger partial charge in [0.2, 0.25) is 0 Å². The molecule has 0 radical (unpaired) electrons. The number of hydrogen-bond acceptors (Lipinski definition) is 4. The molecule has 1 rings (SSSR count). The van der Waals surface area contributed by atoms with E-state index in [-0.39, 0.29) is 12.6 Å². The van der Waals surface area contributed by atoms with Crippen LogP contribution in [0.4, 0.5) is 0 Å². The topological polar surface area (TPSA) is 95.7 Å². The molecule has 6 nitrogen and oxygen atoms in total. The van der Waals surface area contributed by atoms with E-state index in [9.17, 15) is 9.59 Å². The molecule has 2 amide bonds. The molecular formula is C7H13N3O3. The van der Waals surface area contributed by atoms with Crippen LogP contribution in [0.2, 0.25) is 0 Å². The van der Waals surface area contributed by atoms with Gasteiger partial charge in [0.05, 0.1) is 12.6 Å². The molecule has 1 heterocycles. The second-order valence-corrected chi connectivity index (χ2v) is 2.95. The summed E-state index contributed by atoms with van der Waals surface area (Å²) in [5.74, 6) is 3.32. The van der Waals surface area contributed by atoms with Crippen molar-refractivity contribution in [2.75, 3.05) is 13.2 Å². The van der Waals surface area contributed by atoms with Crippen molar-refractivity contribution in [1.82, 2.24) is 10.3 Å². The standard InChI is InChI=1S/C7H13N3O3/c8-9-6(12)7(13)10-3-1-2-5(10)4-11/h5,11H,1-4,8H2,(H,9,12). The minimum absolute atomic E-state index is 0.108. The van der Waals surface area contributed by atoms with Gasteiger partial charge < -0.3 is 10.0 Å². The van der Waals surface area contributed by atoms with Crippen LogP contribution >= 0.6 is 0 Å². The molecule has 1 unspecified atom stereocenters. The maximum absolute atomic E-state index is 11.3. The number of hydrazine groups is 1. The summed E-state index contributed by atoms with van der Waals surface area (Å²) in [7, 11) is 0. The fourth-order valence-corrected chi connectivity index (χ4v) is 1.49. The highest BCUT2D eigenvalue weighted by Gasteiger charge is 2.31. The van der Waals surface area contributed by atoms with Crippen molar-refractivity contribution in [2.45, 2.75) is 18.9 Å². The number of nitrogens with zero attached hydrogens (tertiary/aromatic N) is 1. The maximum Gasteiger partial charge on any atom is 0.323 e. The molecule has 1 saturated heterocycles. The summed E-state index contributed by atoms with van der Waals surface area (Å²) in [6, 6.07) is -0.232. The van der Waals surface area contributed by atoms with E-state index >= 15 is 0 Å². The van der Waals surface area contributed by atoms with E-state index in [1.165, 1.54) is 4.90 Å². The number of amides is 2. The number of hydrogen-bond donors (Lipinski definition) is 3. The lowest BCUT2D eigenvalue weighted by atomic mass is 10.2. The monoisotopic (exact) mass is 187 g/mol. The molecule has 0 saturated carbocycles. The van der Waals surface area contributed by atoms with Gasteiger partial charge in [-0.25, -0.2) is 5.84 Å². The Bertz CT molecular complexity index is 219. The number of aliphatic hydroxyl groups excluding tert-OH is 1. The van der Waals surface area contributed by atoms with E-state index in [0.717, 1.165) is 12.8 Å². The number of carbonyl (C=O) groups is 2. The predicted molar refractivity (Wildman–Crippen MR) is 44.2 cm³/mol. The van der Waals surface area contributed by atoms with Gasteiger partial charge >= 0.3 is 11.8 Å². The Morgan fingerprint density at radius 2 is 2.31 bits per heavy atom. The molecule has 0 aromatic heterocycles. The fraction of sp³-hybridized carbons (Fsp3) is 0.714. The van der Waals surface area contributed by atoms with Gasteiger partial charge in [-0.05, 0) is 12.8 Å². The lowest BCUT2D eigenvalue weighted by Crippen LogP contribution is -2.48. The van der Waals surface area contributed by atoms with Gasteiger partial charge in [-0.3, -0.25) is 15.0 Å². The van der Waals surface area contributed by atoms with Crippen molar-refractivity contribution >= 4 is 11.8 Å². The highest BCUT2D eigenvalue weighted by atomic mass is 16.3. The van der Waals surface area contributed by atoms with Crippen LogP contribution in [-0.4, -0.2) is 41.0 Å². The average molecular weight is 187 g/mol. The molecule has 1 fully saturated rings. The molecule has 0 aliphatic carbocycles. The number of carbonyl (C=O) groups excluding carboxylic acids is 2. The molecule has 1 aliphatic rings. The SMILES string of the molecule is NNC(=O)C(=O)N1CCCC1CO. The Hall–Kier alpha value is -1.14. The largest absolute Gasteiger partial charge is 0.394 e. The number of nitrogens with one attached hydrogen (secondary N) is 1. The summed E-state index contributed by atoms with van der Waals surface area (Å²) in [5.41, 5.74) is 1.77. The van der Waals surface area contributed by atoms with Gasteiger partial charge in [-0.15, -0.1) is 0 Å². The number of nitrogens with two attached hydrogens (primary N) is 1. The Kier molecular flexibility index (Phi) is 3.21. The molecule has 4 N–H and O–H groups in total. The lowest BCUT2D eigenvalue weighted by molar-refractivity contribution is -0.146. The summed E-state index contributed by atoms with van der Waals surface area (Å²) in [5, 5.41) is 8.88. The summed E-state index contributed by atoms with van der Waals surface area (Å²) in [6.07, 6.45) is 1.55. The van der Waals surface area contributed by atoms with Crippen LogP contribution in [-0.2, 0) is 9.59 Å². The highest BCUT2D eigenvalue weighted by molar-refractivity contribution is 6.34. The minimum atomic E-state index is -0.833. The smallest absolute Gasteiger partial charge is 0.323 e. The minimum Gasteiger partial charge on any atom is -0.394 e. The van der Waals surface area contributed by atoms with E-state index in [1.54, 1.807) is 5.43 Å². The summed E-state index contributed by atoms with van der Waals surface area (Å²) < 4.78 is 0. The molecule has 6 heteroatoms. The first-order chi connectivity index (χ1) is 6.20. The third-order valence-corrected chi connectivity index (χ3v) is 2.17. The van der Waals surface area contributed by atoms with Crippen LogP contribution in [0.25, 0.3) is 0 Å². The van der Waals surface area contributed by atoms with E-state index in [0.29, 0.717) is 6.54 Å². The molecule has 74 valence electrons. The average Bonchev–Trinajstić information content (AvgIpc) is 2.62. The molecule has 0 bridgehead atoms. The first-order valence-corrected chi connectivity index (χ1v) is 4.13. The lowest BCUT2D eigenvalue weighted by Gasteiger charge is -2.21. The van der Waals surface area contributed by atoms with Crippen molar-refractivity contribution in [1.29, 1.82) is 0 Å². The maximum atomic E-state index is 11.3. The zero-order chi connectivity index (χ0) is 9.84. The van der Waals surface area contributed by atoms with Crippen molar-refractivity contribution in [3.63, 3.8) is 0 Å². The van der Waals surface area contributed by atoms with Crippen molar-refractivity contribution in [3.8, 4) is 0 Å². The number of aliphatic hydroxyl groups is 1. The normalized spacial score (nSPS) is 21.7. The predicted octanol–water partition coefficient (Wildman–Crippen LogP) is -2.04. The third-order valence-electron chi connectivity index (χ3n) is 2.17. The Labute approximate surface area is 75.7 Å². The molecule has 13 heavy (non-hydrogen) atoms. The van der Waals surface area contributed by atoms with Crippen LogP contribution in [0.15, 0.2) is 0 Å². The fourth-order valence-electron chi connectivity index (χ4n) is 1.49. The highest BCUT2D eigenvalue weighted by Crippen LogP contribution is 2.16. The van der Waals surface area contributed by atoms with Crippen molar-refractivity contribution < 1.29 is 14.7 Å². The molecular weight excluding hydrogens is 174 g/mol. The molecule has 1 atom stereocenters. The Morgan fingerprint density at radius 3 is 2.85 bits per heavy atom. The molecule has 0 spiro atoms. The van der Waals surface area contributed by atoms with Crippen LogP contribution in [0.5, 0.6) is 0 Å². The quantitative estimate of drug-likeness (QED) is 0.191. The number of rotatable bonds is 1. The zero-order valence-electron chi connectivity index (χ0n) is 7.19.